The number of benzene rings is 3. The summed E-state index contributed by atoms with van der Waals surface area (Å²) in [6.07, 6.45) is -0.0939. The molecule has 0 aliphatic carbocycles. The van der Waals surface area contributed by atoms with Crippen LogP contribution in [0.3, 0.4) is 0 Å². The third-order valence-electron chi connectivity index (χ3n) is 9.01. The van der Waals surface area contributed by atoms with Crippen molar-refractivity contribution in [2.45, 2.75) is 50.4 Å². The molecule has 8 rings (SSSR count). The summed E-state index contributed by atoms with van der Waals surface area (Å²) < 4.78 is 17.8. The highest BCUT2D eigenvalue weighted by atomic mass is 16.6. The zero-order chi connectivity index (χ0) is 25.4. The normalized spacial score (nSPS) is 28.6. The number of hydrogen-bond donors (Lipinski definition) is 1. The molecule has 5 aromatic rings. The first-order chi connectivity index (χ1) is 17.8. The molecule has 0 saturated carbocycles. The summed E-state index contributed by atoms with van der Waals surface area (Å²) in [6, 6.07) is 16.0. The lowest BCUT2D eigenvalue weighted by Crippen LogP contribution is -2.64. The molecular formula is C29H27N4O4-. The van der Waals surface area contributed by atoms with Crippen LogP contribution in [0.4, 0.5) is 0 Å². The van der Waals surface area contributed by atoms with Crippen LogP contribution in [-0.2, 0) is 27.5 Å². The number of nitrogens with one attached hydrogen (secondary N) is 1. The summed E-state index contributed by atoms with van der Waals surface area (Å²) in [6.45, 7) is 4.58. The number of hydroxylamine groups is 2. The average Bonchev–Trinajstić information content (AvgIpc) is 3.52. The molecule has 0 spiro atoms. The molecular weight excluding hydrogens is 468 g/mol. The second-order valence-electron chi connectivity index (χ2n) is 11.0. The van der Waals surface area contributed by atoms with Gasteiger partial charge in [-0.2, -0.15) is 0 Å². The van der Waals surface area contributed by atoms with Gasteiger partial charge in [0.15, 0.2) is 5.72 Å². The molecule has 37 heavy (non-hydrogen) atoms. The van der Waals surface area contributed by atoms with Gasteiger partial charge >= 0.3 is 0 Å². The maximum Gasteiger partial charge on any atom is 0.252 e. The summed E-state index contributed by atoms with van der Waals surface area (Å²) in [5.41, 5.74) is 3.86. The molecule has 3 aromatic carbocycles. The van der Waals surface area contributed by atoms with Gasteiger partial charge in [-0.3, -0.25) is 4.79 Å². The van der Waals surface area contributed by atoms with E-state index in [2.05, 4.69) is 45.6 Å². The number of carbonyl (C=O) groups is 1. The minimum absolute atomic E-state index is 0.0481. The SMILES string of the molecule is CO[C@H]1[C@@H](N(C)[O-])C[C@]2(C)O[C@@]1(C)n1c3ccccc3c3c4c(c5c6ccccc6n2c5c31)C(=O)NC4. The molecule has 5 heterocycles. The van der Waals surface area contributed by atoms with Gasteiger partial charge in [0.1, 0.15) is 11.8 Å². The minimum Gasteiger partial charge on any atom is -0.785 e. The van der Waals surface area contributed by atoms with E-state index in [-0.39, 0.29) is 5.91 Å². The molecule has 0 radical (unpaired) electrons. The van der Waals surface area contributed by atoms with Crippen LogP contribution >= 0.6 is 0 Å². The second kappa shape index (κ2) is 6.71. The molecule has 188 valence electrons. The van der Waals surface area contributed by atoms with Crippen molar-refractivity contribution in [2.75, 3.05) is 14.2 Å². The van der Waals surface area contributed by atoms with Crippen LogP contribution in [0.15, 0.2) is 48.5 Å². The molecule has 3 aliphatic heterocycles. The Morgan fingerprint density at radius 2 is 1.65 bits per heavy atom. The standard InChI is InChI=1S/C29H27N4O4/c1-28-13-20(31(3)35)26(36-4)29(2,37-28)33-19-12-8-5-9-15(19)21-17-14-30-27(34)23(17)22-16-10-6-7-11-18(16)32(28)25(22)24(21)33/h5-12,20,26H,13-14H2,1-4H3,(H,30,34)/q-1/t20-,26-,28-,29+/m0/s1. The fraction of sp³-hybridized carbons (Fsp3) is 0.345. The maximum atomic E-state index is 13.4. The third kappa shape index (κ3) is 2.32. The number of amides is 1. The topological polar surface area (TPSA) is 83.7 Å². The monoisotopic (exact) mass is 495 g/mol. The molecule has 0 unspecified atom stereocenters. The summed E-state index contributed by atoms with van der Waals surface area (Å²) in [4.78, 5) is 13.4. The highest BCUT2D eigenvalue weighted by Gasteiger charge is 2.57. The number of aromatic nitrogens is 2. The van der Waals surface area contributed by atoms with Crippen LogP contribution in [0.1, 0.15) is 36.2 Å². The van der Waals surface area contributed by atoms with Gasteiger partial charge in [-0.15, -0.1) is 0 Å². The lowest BCUT2D eigenvalue weighted by Gasteiger charge is -2.55. The highest BCUT2D eigenvalue weighted by Crippen LogP contribution is 2.55. The van der Waals surface area contributed by atoms with Crippen LogP contribution < -0.4 is 5.32 Å². The lowest BCUT2D eigenvalue weighted by atomic mass is 9.88. The molecule has 2 bridgehead atoms. The number of fused-ring (bicyclic) bond motifs is 13. The number of nitrogens with zero attached hydrogens (tertiary/aromatic N) is 3. The fourth-order valence-corrected chi connectivity index (χ4v) is 7.80. The van der Waals surface area contributed by atoms with Crippen LogP contribution in [0.25, 0.3) is 43.6 Å². The fourth-order valence-electron chi connectivity index (χ4n) is 7.80. The van der Waals surface area contributed by atoms with Gasteiger partial charge < -0.3 is 34.2 Å². The van der Waals surface area contributed by atoms with E-state index in [1.165, 1.54) is 0 Å². The number of para-hydroxylation sites is 2. The number of carbonyl (C=O) groups excluding carboxylic acids is 1. The molecule has 1 saturated heterocycles. The molecule has 1 N–H and O–H groups in total. The van der Waals surface area contributed by atoms with E-state index in [0.29, 0.717) is 13.0 Å². The van der Waals surface area contributed by atoms with Crippen LogP contribution in [-0.4, -0.2) is 46.4 Å². The van der Waals surface area contributed by atoms with E-state index in [9.17, 15) is 10.0 Å². The summed E-state index contributed by atoms with van der Waals surface area (Å²) >= 11 is 0. The smallest absolute Gasteiger partial charge is 0.252 e. The Morgan fingerprint density at radius 3 is 2.32 bits per heavy atom. The maximum absolute atomic E-state index is 13.4. The average molecular weight is 496 g/mol. The van der Waals surface area contributed by atoms with E-state index >= 15 is 0 Å². The van der Waals surface area contributed by atoms with E-state index in [1.54, 1.807) is 14.2 Å². The van der Waals surface area contributed by atoms with E-state index < -0.39 is 23.6 Å². The Morgan fingerprint density at radius 1 is 1.03 bits per heavy atom. The Hall–Kier alpha value is -3.43. The lowest BCUT2D eigenvalue weighted by molar-refractivity contribution is -0.306. The molecule has 8 heteroatoms. The number of ether oxygens (including phenoxy) is 2. The Balaban J connectivity index is 1.73. The van der Waals surface area contributed by atoms with Crippen molar-refractivity contribution in [3.8, 4) is 0 Å². The Labute approximate surface area is 212 Å². The third-order valence-corrected chi connectivity index (χ3v) is 9.01. The van der Waals surface area contributed by atoms with Gasteiger partial charge in [0.05, 0.1) is 27.6 Å². The quantitative estimate of drug-likeness (QED) is 0.358. The molecule has 1 amide bonds. The number of hydrogen-bond acceptors (Lipinski definition) is 5. The minimum atomic E-state index is -0.996. The van der Waals surface area contributed by atoms with Crippen molar-refractivity contribution in [3.63, 3.8) is 0 Å². The van der Waals surface area contributed by atoms with Crippen molar-refractivity contribution in [3.05, 3.63) is 64.9 Å². The Bertz CT molecular complexity index is 1830. The molecule has 3 aliphatic rings. The summed E-state index contributed by atoms with van der Waals surface area (Å²) in [5, 5.41) is 21.3. The van der Waals surface area contributed by atoms with Gasteiger partial charge in [-0.25, -0.2) is 0 Å². The van der Waals surface area contributed by atoms with E-state index in [0.717, 1.165) is 59.8 Å². The zero-order valence-electron chi connectivity index (χ0n) is 21.2. The van der Waals surface area contributed by atoms with Crippen LogP contribution in [0.2, 0.25) is 0 Å². The van der Waals surface area contributed by atoms with Crippen molar-refractivity contribution >= 4 is 49.5 Å². The molecule has 2 aromatic heterocycles. The largest absolute Gasteiger partial charge is 0.785 e. The van der Waals surface area contributed by atoms with Gasteiger partial charge in [-0.05, 0) is 38.6 Å². The first kappa shape index (κ1) is 21.6. The highest BCUT2D eigenvalue weighted by molar-refractivity contribution is 6.31. The van der Waals surface area contributed by atoms with E-state index in [4.69, 9.17) is 9.47 Å². The summed E-state index contributed by atoms with van der Waals surface area (Å²) in [5.74, 6) is -0.0481. The van der Waals surface area contributed by atoms with Crippen LogP contribution in [0, 0.1) is 5.21 Å². The number of rotatable bonds is 2. The number of likely N-dealkylation sites (N-methyl/N-ethyl adjacent to an activating group) is 1. The first-order valence-corrected chi connectivity index (χ1v) is 12.7. The van der Waals surface area contributed by atoms with Crippen molar-refractivity contribution in [2.24, 2.45) is 0 Å². The predicted molar refractivity (Wildman–Crippen MR) is 142 cm³/mol. The van der Waals surface area contributed by atoms with Gasteiger partial charge in [0, 0.05) is 47.7 Å². The first-order valence-electron chi connectivity index (χ1n) is 12.7. The zero-order valence-corrected chi connectivity index (χ0v) is 21.2. The second-order valence-corrected chi connectivity index (χ2v) is 11.0. The molecule has 4 atom stereocenters. The van der Waals surface area contributed by atoms with Crippen molar-refractivity contribution in [1.82, 2.24) is 19.5 Å². The van der Waals surface area contributed by atoms with Gasteiger partial charge in [-0.1, -0.05) is 36.4 Å². The van der Waals surface area contributed by atoms with Crippen LogP contribution in [0.5, 0.6) is 0 Å². The van der Waals surface area contributed by atoms with Gasteiger partial charge in [0.25, 0.3) is 5.91 Å². The Kier molecular flexibility index (Phi) is 3.92. The summed E-state index contributed by atoms with van der Waals surface area (Å²) in [7, 11) is 3.22. The van der Waals surface area contributed by atoms with E-state index in [1.807, 2.05) is 31.2 Å². The number of methoxy groups -OCH3 is 1. The molecule has 1 fully saturated rings. The molecule has 8 nitrogen and oxygen atoms in total. The van der Waals surface area contributed by atoms with Crippen molar-refractivity contribution < 1.29 is 14.3 Å². The predicted octanol–water partition coefficient (Wildman–Crippen LogP) is 4.74. The van der Waals surface area contributed by atoms with Gasteiger partial charge in [0.2, 0.25) is 0 Å². The van der Waals surface area contributed by atoms with Crippen molar-refractivity contribution in [1.29, 1.82) is 0 Å².